The molecule has 0 saturated carbocycles. The van der Waals surface area contributed by atoms with Crippen LogP contribution < -0.4 is 11.1 Å². The van der Waals surface area contributed by atoms with Gasteiger partial charge in [0.05, 0.1) is 0 Å². The molecule has 2 atom stereocenters. The van der Waals surface area contributed by atoms with E-state index < -0.39 is 0 Å². The van der Waals surface area contributed by atoms with Crippen molar-refractivity contribution >= 4 is 5.91 Å². The average Bonchev–Trinajstić information content (AvgIpc) is 2.01. The van der Waals surface area contributed by atoms with E-state index in [1.807, 2.05) is 27.7 Å². The van der Waals surface area contributed by atoms with E-state index in [1.165, 1.54) is 0 Å². The van der Waals surface area contributed by atoms with Gasteiger partial charge >= 0.3 is 0 Å². The number of hydrogen-bond donors (Lipinski definition) is 2. The largest absolute Gasteiger partial charge is 0.353 e. The van der Waals surface area contributed by atoms with Crippen LogP contribution in [0.15, 0.2) is 12.7 Å². The van der Waals surface area contributed by atoms with Crippen molar-refractivity contribution in [3.8, 4) is 0 Å². The van der Waals surface area contributed by atoms with Crippen molar-refractivity contribution in [1.29, 1.82) is 0 Å². The fourth-order valence-corrected chi connectivity index (χ4v) is 1.15. The highest BCUT2D eigenvalue weighted by Crippen LogP contribution is 2.19. The zero-order valence-corrected chi connectivity index (χ0v) is 10.3. The van der Waals surface area contributed by atoms with Crippen LogP contribution in [0.2, 0.25) is 0 Å². The second-order valence-electron chi connectivity index (χ2n) is 5.17. The van der Waals surface area contributed by atoms with Gasteiger partial charge in [-0.15, -0.1) is 6.58 Å². The Balaban J connectivity index is 3.99. The van der Waals surface area contributed by atoms with E-state index in [9.17, 15) is 4.79 Å². The Kier molecular flexibility index (Phi) is 5.58. The van der Waals surface area contributed by atoms with Crippen molar-refractivity contribution in [3.63, 3.8) is 0 Å². The van der Waals surface area contributed by atoms with Crippen LogP contribution in [-0.2, 0) is 4.79 Å². The molecule has 15 heavy (non-hydrogen) atoms. The molecular weight excluding hydrogens is 188 g/mol. The van der Waals surface area contributed by atoms with Gasteiger partial charge in [-0.3, -0.25) is 4.79 Å². The first kappa shape index (κ1) is 14.2. The lowest BCUT2D eigenvalue weighted by atomic mass is 9.85. The minimum absolute atomic E-state index is 0.0202. The number of carbonyl (C=O) groups excluding carboxylic acids is 1. The van der Waals surface area contributed by atoms with Crippen molar-refractivity contribution in [2.75, 3.05) is 0 Å². The predicted octanol–water partition coefficient (Wildman–Crippen LogP) is 1.83. The summed E-state index contributed by atoms with van der Waals surface area (Å²) in [7, 11) is 0. The van der Waals surface area contributed by atoms with E-state index in [0.717, 1.165) is 6.42 Å². The molecule has 3 heteroatoms. The molecule has 88 valence electrons. The number of rotatable bonds is 5. The van der Waals surface area contributed by atoms with Gasteiger partial charge in [-0.1, -0.05) is 26.8 Å². The van der Waals surface area contributed by atoms with Crippen LogP contribution in [0.25, 0.3) is 0 Å². The topological polar surface area (TPSA) is 55.1 Å². The first-order valence-electron chi connectivity index (χ1n) is 5.43. The smallest absolute Gasteiger partial charge is 0.221 e. The van der Waals surface area contributed by atoms with E-state index in [1.54, 1.807) is 6.08 Å². The van der Waals surface area contributed by atoms with Crippen LogP contribution >= 0.6 is 0 Å². The lowest BCUT2D eigenvalue weighted by molar-refractivity contribution is -0.122. The molecule has 0 aromatic rings. The molecule has 3 N–H and O–H groups in total. The number of hydrogen-bond acceptors (Lipinski definition) is 2. The molecule has 2 unspecified atom stereocenters. The second kappa shape index (κ2) is 5.91. The standard InChI is InChI=1S/C12H24N2O/c1-6-7-9(2)14-11(15)8-10(13)12(3,4)5/h6,9-10H,1,7-8,13H2,2-5H3,(H,14,15). The zero-order chi connectivity index (χ0) is 12.1. The monoisotopic (exact) mass is 212 g/mol. The van der Waals surface area contributed by atoms with Gasteiger partial charge in [0.2, 0.25) is 5.91 Å². The van der Waals surface area contributed by atoms with Crippen LogP contribution in [0.5, 0.6) is 0 Å². The maximum Gasteiger partial charge on any atom is 0.221 e. The first-order valence-corrected chi connectivity index (χ1v) is 5.43. The normalized spacial score (nSPS) is 15.5. The van der Waals surface area contributed by atoms with E-state index in [0.29, 0.717) is 6.42 Å². The fourth-order valence-electron chi connectivity index (χ4n) is 1.15. The molecule has 0 aliphatic rings. The third-order valence-corrected chi connectivity index (χ3v) is 2.45. The molecule has 0 spiro atoms. The highest BCUT2D eigenvalue weighted by Gasteiger charge is 2.23. The summed E-state index contributed by atoms with van der Waals surface area (Å²) in [5, 5.41) is 2.89. The molecule has 0 heterocycles. The summed E-state index contributed by atoms with van der Waals surface area (Å²) in [4.78, 5) is 11.6. The molecule has 0 fully saturated rings. The number of amides is 1. The predicted molar refractivity (Wildman–Crippen MR) is 64.5 cm³/mol. The van der Waals surface area contributed by atoms with Crippen LogP contribution in [0, 0.1) is 5.41 Å². The molecule has 0 saturated heterocycles. The van der Waals surface area contributed by atoms with Gasteiger partial charge in [0, 0.05) is 18.5 Å². The summed E-state index contributed by atoms with van der Waals surface area (Å²) >= 11 is 0. The lowest BCUT2D eigenvalue weighted by Gasteiger charge is -2.27. The molecule has 0 aromatic heterocycles. The number of nitrogens with two attached hydrogens (primary N) is 1. The van der Waals surface area contributed by atoms with E-state index in [-0.39, 0.29) is 23.4 Å². The molecule has 0 bridgehead atoms. The van der Waals surface area contributed by atoms with Gasteiger partial charge in [0.1, 0.15) is 0 Å². The third kappa shape index (κ3) is 6.28. The van der Waals surface area contributed by atoms with Gasteiger partial charge in [0.25, 0.3) is 0 Å². The summed E-state index contributed by atoms with van der Waals surface area (Å²) in [6.07, 6.45) is 2.97. The van der Waals surface area contributed by atoms with Crippen molar-refractivity contribution in [2.45, 2.75) is 52.6 Å². The van der Waals surface area contributed by atoms with Gasteiger partial charge in [-0.05, 0) is 18.8 Å². The highest BCUT2D eigenvalue weighted by molar-refractivity contribution is 5.76. The number of carbonyl (C=O) groups is 1. The summed E-state index contributed by atoms with van der Waals surface area (Å²) in [5.74, 6) is 0.0202. The van der Waals surface area contributed by atoms with Crippen molar-refractivity contribution in [2.24, 2.45) is 11.1 Å². The fraction of sp³-hybridized carbons (Fsp3) is 0.750. The van der Waals surface area contributed by atoms with Crippen LogP contribution in [-0.4, -0.2) is 18.0 Å². The molecule has 0 rings (SSSR count). The highest BCUT2D eigenvalue weighted by atomic mass is 16.1. The SMILES string of the molecule is C=CCC(C)NC(=O)CC(N)C(C)(C)C. The summed E-state index contributed by atoms with van der Waals surface area (Å²) in [6.45, 7) is 11.7. The average molecular weight is 212 g/mol. The summed E-state index contributed by atoms with van der Waals surface area (Å²) in [6, 6.07) is 0.0376. The van der Waals surface area contributed by atoms with Gasteiger partial charge in [-0.25, -0.2) is 0 Å². The van der Waals surface area contributed by atoms with Crippen molar-refractivity contribution < 1.29 is 4.79 Å². The van der Waals surface area contributed by atoms with Crippen LogP contribution in [0.3, 0.4) is 0 Å². The Labute approximate surface area is 93.1 Å². The van der Waals surface area contributed by atoms with E-state index in [4.69, 9.17) is 5.73 Å². The molecule has 0 radical (unpaired) electrons. The van der Waals surface area contributed by atoms with Crippen LogP contribution in [0.4, 0.5) is 0 Å². The van der Waals surface area contributed by atoms with Crippen molar-refractivity contribution in [3.05, 3.63) is 12.7 Å². The minimum Gasteiger partial charge on any atom is -0.353 e. The van der Waals surface area contributed by atoms with E-state index >= 15 is 0 Å². The Morgan fingerprint density at radius 3 is 2.47 bits per heavy atom. The second-order valence-corrected chi connectivity index (χ2v) is 5.17. The Morgan fingerprint density at radius 2 is 2.07 bits per heavy atom. The molecular formula is C12H24N2O. The zero-order valence-electron chi connectivity index (χ0n) is 10.3. The van der Waals surface area contributed by atoms with Gasteiger partial charge in [0.15, 0.2) is 0 Å². The third-order valence-electron chi connectivity index (χ3n) is 2.45. The maximum absolute atomic E-state index is 11.6. The first-order chi connectivity index (χ1) is 6.77. The molecule has 1 amide bonds. The lowest BCUT2D eigenvalue weighted by Crippen LogP contribution is -2.42. The minimum atomic E-state index is -0.103. The quantitative estimate of drug-likeness (QED) is 0.683. The Hall–Kier alpha value is -0.830. The van der Waals surface area contributed by atoms with Crippen molar-refractivity contribution in [1.82, 2.24) is 5.32 Å². The maximum atomic E-state index is 11.6. The number of nitrogens with one attached hydrogen (secondary N) is 1. The van der Waals surface area contributed by atoms with Gasteiger partial charge in [-0.2, -0.15) is 0 Å². The summed E-state index contributed by atoms with van der Waals surface area (Å²) in [5.41, 5.74) is 5.89. The summed E-state index contributed by atoms with van der Waals surface area (Å²) < 4.78 is 0. The molecule has 0 aliphatic carbocycles. The Morgan fingerprint density at radius 1 is 1.53 bits per heavy atom. The van der Waals surface area contributed by atoms with Gasteiger partial charge < -0.3 is 11.1 Å². The molecule has 0 aliphatic heterocycles. The molecule has 0 aromatic carbocycles. The molecule has 3 nitrogen and oxygen atoms in total. The Bertz CT molecular complexity index is 218. The van der Waals surface area contributed by atoms with E-state index in [2.05, 4.69) is 11.9 Å². The van der Waals surface area contributed by atoms with Crippen LogP contribution in [0.1, 0.15) is 40.5 Å².